The lowest BCUT2D eigenvalue weighted by Gasteiger charge is -2.26. The van der Waals surface area contributed by atoms with Crippen LogP contribution in [0.1, 0.15) is 32.3 Å². The molecule has 2 aromatic carbocycles. The zero-order valence-electron chi connectivity index (χ0n) is 12.3. The first-order chi connectivity index (χ1) is 9.69. The Morgan fingerprint density at radius 3 is 2.15 bits per heavy atom. The van der Waals surface area contributed by atoms with Gasteiger partial charge in [-0.2, -0.15) is 0 Å². The second-order valence-corrected chi connectivity index (χ2v) is 5.08. The lowest BCUT2D eigenvalue weighted by Crippen LogP contribution is -2.25. The van der Waals surface area contributed by atoms with Gasteiger partial charge in [0, 0.05) is 29.7 Å². The Labute approximate surface area is 120 Å². The third kappa shape index (κ3) is 2.77. The number of nitrogens with two attached hydrogens (primary N) is 1. The third-order valence-electron chi connectivity index (χ3n) is 3.52. The van der Waals surface area contributed by atoms with Crippen molar-refractivity contribution in [2.24, 2.45) is 5.73 Å². The molecule has 106 valence electrons. The number of anilines is 1. The highest BCUT2D eigenvalue weighted by Crippen LogP contribution is 2.29. The van der Waals surface area contributed by atoms with Gasteiger partial charge in [-0.25, -0.2) is 0 Å². The van der Waals surface area contributed by atoms with Gasteiger partial charge in [0.15, 0.2) is 0 Å². The summed E-state index contributed by atoms with van der Waals surface area (Å²) < 4.78 is 0. The van der Waals surface area contributed by atoms with Gasteiger partial charge in [0.1, 0.15) is 5.84 Å². The monoisotopic (exact) mass is 269 g/mol. The molecule has 0 atom stereocenters. The van der Waals surface area contributed by atoms with Crippen molar-refractivity contribution in [2.75, 3.05) is 18.0 Å². The Morgan fingerprint density at radius 1 is 1.00 bits per heavy atom. The number of nitrogen functional groups attached to an aromatic ring is 1. The highest BCUT2D eigenvalue weighted by atomic mass is 15.1. The smallest absolute Gasteiger partial charge is 0.123 e. The standard InChI is InChI=1S/C17H23N3/c1-3-11-20(12-4-2)16-10-9-15(17(18)19)13-7-5-6-8-14(13)16/h5-10H,3-4,11-12H2,1-2H3,(H3,18,19). The molecule has 0 fully saturated rings. The Hall–Kier alpha value is -2.03. The van der Waals surface area contributed by atoms with E-state index in [1.165, 1.54) is 11.1 Å². The zero-order chi connectivity index (χ0) is 14.5. The first kappa shape index (κ1) is 14.4. The Bertz CT molecular complexity index is 598. The highest BCUT2D eigenvalue weighted by molar-refractivity contribution is 6.10. The van der Waals surface area contributed by atoms with E-state index in [9.17, 15) is 0 Å². The Balaban J connectivity index is 2.59. The van der Waals surface area contributed by atoms with E-state index >= 15 is 0 Å². The van der Waals surface area contributed by atoms with Crippen molar-refractivity contribution in [3.05, 3.63) is 42.0 Å². The van der Waals surface area contributed by atoms with Crippen molar-refractivity contribution < 1.29 is 0 Å². The summed E-state index contributed by atoms with van der Waals surface area (Å²) in [7, 11) is 0. The molecule has 0 amide bonds. The van der Waals surface area contributed by atoms with Gasteiger partial charge in [0.25, 0.3) is 0 Å². The number of nitrogens with zero attached hydrogens (tertiary/aromatic N) is 1. The molecule has 0 aliphatic rings. The summed E-state index contributed by atoms with van der Waals surface area (Å²) in [6.07, 6.45) is 2.26. The number of benzene rings is 2. The lowest BCUT2D eigenvalue weighted by atomic mass is 10.0. The van der Waals surface area contributed by atoms with Crippen LogP contribution in [-0.4, -0.2) is 18.9 Å². The summed E-state index contributed by atoms with van der Waals surface area (Å²) in [6.45, 7) is 6.51. The topological polar surface area (TPSA) is 53.1 Å². The van der Waals surface area contributed by atoms with Crippen LogP contribution in [-0.2, 0) is 0 Å². The lowest BCUT2D eigenvalue weighted by molar-refractivity contribution is 0.747. The van der Waals surface area contributed by atoms with Crippen molar-refractivity contribution >= 4 is 22.3 Å². The van der Waals surface area contributed by atoms with Crippen LogP contribution in [0.25, 0.3) is 10.8 Å². The zero-order valence-corrected chi connectivity index (χ0v) is 12.3. The van der Waals surface area contributed by atoms with Crippen LogP contribution in [0.15, 0.2) is 36.4 Å². The first-order valence-electron chi connectivity index (χ1n) is 7.30. The number of rotatable bonds is 6. The average Bonchev–Trinajstić information content (AvgIpc) is 2.45. The molecule has 3 heteroatoms. The summed E-state index contributed by atoms with van der Waals surface area (Å²) in [5.41, 5.74) is 7.75. The van der Waals surface area contributed by atoms with Gasteiger partial charge in [-0.05, 0) is 30.4 Å². The summed E-state index contributed by atoms with van der Waals surface area (Å²) >= 11 is 0. The van der Waals surface area contributed by atoms with Gasteiger partial charge < -0.3 is 10.6 Å². The molecule has 0 saturated carbocycles. The third-order valence-corrected chi connectivity index (χ3v) is 3.52. The number of amidine groups is 1. The van der Waals surface area contributed by atoms with E-state index in [1.807, 2.05) is 24.3 Å². The minimum Gasteiger partial charge on any atom is -0.384 e. The first-order valence-corrected chi connectivity index (χ1v) is 7.30. The van der Waals surface area contributed by atoms with Gasteiger partial charge in [-0.1, -0.05) is 38.1 Å². The van der Waals surface area contributed by atoms with Crippen LogP contribution in [0.5, 0.6) is 0 Å². The fourth-order valence-corrected chi connectivity index (χ4v) is 2.69. The summed E-state index contributed by atoms with van der Waals surface area (Å²) in [6, 6.07) is 12.3. The molecule has 0 spiro atoms. The summed E-state index contributed by atoms with van der Waals surface area (Å²) in [5, 5.41) is 9.97. The van der Waals surface area contributed by atoms with Crippen molar-refractivity contribution in [1.82, 2.24) is 0 Å². The molecule has 0 heterocycles. The summed E-state index contributed by atoms with van der Waals surface area (Å²) in [4.78, 5) is 2.42. The van der Waals surface area contributed by atoms with E-state index in [0.29, 0.717) is 0 Å². The quantitative estimate of drug-likeness (QED) is 0.620. The SMILES string of the molecule is CCCN(CCC)c1ccc(C(=N)N)c2ccccc12. The molecule has 0 unspecified atom stereocenters. The van der Waals surface area contributed by atoms with Crippen molar-refractivity contribution in [3.8, 4) is 0 Å². The van der Waals surface area contributed by atoms with Crippen LogP contribution in [0.3, 0.4) is 0 Å². The van der Waals surface area contributed by atoms with Crippen LogP contribution in [0.4, 0.5) is 5.69 Å². The minimum atomic E-state index is 0.130. The van der Waals surface area contributed by atoms with Crippen LogP contribution >= 0.6 is 0 Å². The molecule has 0 bridgehead atoms. The van der Waals surface area contributed by atoms with Gasteiger partial charge >= 0.3 is 0 Å². The molecular weight excluding hydrogens is 246 g/mol. The Morgan fingerprint density at radius 2 is 1.60 bits per heavy atom. The van der Waals surface area contributed by atoms with E-state index in [4.69, 9.17) is 11.1 Å². The van der Waals surface area contributed by atoms with E-state index in [0.717, 1.165) is 36.9 Å². The molecule has 0 aromatic heterocycles. The van der Waals surface area contributed by atoms with Crippen molar-refractivity contribution in [2.45, 2.75) is 26.7 Å². The molecule has 3 N–H and O–H groups in total. The maximum Gasteiger partial charge on any atom is 0.123 e. The molecule has 2 rings (SSSR count). The fourth-order valence-electron chi connectivity index (χ4n) is 2.69. The van der Waals surface area contributed by atoms with Crippen LogP contribution in [0.2, 0.25) is 0 Å². The average molecular weight is 269 g/mol. The van der Waals surface area contributed by atoms with Crippen LogP contribution in [0, 0.1) is 5.41 Å². The van der Waals surface area contributed by atoms with Crippen molar-refractivity contribution in [3.63, 3.8) is 0 Å². The maximum atomic E-state index is 7.72. The summed E-state index contributed by atoms with van der Waals surface area (Å²) in [5.74, 6) is 0.130. The van der Waals surface area contributed by atoms with Gasteiger partial charge in [-0.15, -0.1) is 0 Å². The molecule has 0 saturated heterocycles. The minimum absolute atomic E-state index is 0.130. The van der Waals surface area contributed by atoms with E-state index in [1.54, 1.807) is 0 Å². The van der Waals surface area contributed by atoms with Gasteiger partial charge in [-0.3, -0.25) is 5.41 Å². The predicted octanol–water partition coefficient (Wildman–Crippen LogP) is 3.75. The molecule has 2 aromatic rings. The number of nitrogens with one attached hydrogen (secondary N) is 1. The molecule has 0 radical (unpaired) electrons. The fraction of sp³-hybridized carbons (Fsp3) is 0.353. The maximum absolute atomic E-state index is 7.72. The molecule has 3 nitrogen and oxygen atoms in total. The normalized spacial score (nSPS) is 10.7. The van der Waals surface area contributed by atoms with Crippen molar-refractivity contribution in [1.29, 1.82) is 5.41 Å². The van der Waals surface area contributed by atoms with E-state index in [2.05, 4.69) is 30.9 Å². The van der Waals surface area contributed by atoms with Gasteiger partial charge in [0.05, 0.1) is 0 Å². The Kier molecular flexibility index (Phi) is 4.61. The largest absolute Gasteiger partial charge is 0.384 e. The number of hydrogen-bond acceptors (Lipinski definition) is 2. The molecular formula is C17H23N3. The predicted molar refractivity (Wildman–Crippen MR) is 87.8 cm³/mol. The van der Waals surface area contributed by atoms with Gasteiger partial charge in [0.2, 0.25) is 0 Å². The highest BCUT2D eigenvalue weighted by Gasteiger charge is 2.12. The molecule has 0 aliphatic heterocycles. The molecule has 0 aliphatic carbocycles. The number of fused-ring (bicyclic) bond motifs is 1. The second kappa shape index (κ2) is 6.42. The van der Waals surface area contributed by atoms with E-state index < -0.39 is 0 Å². The van der Waals surface area contributed by atoms with E-state index in [-0.39, 0.29) is 5.84 Å². The van der Waals surface area contributed by atoms with Crippen LogP contribution < -0.4 is 10.6 Å². The second-order valence-electron chi connectivity index (χ2n) is 5.08. The molecule has 20 heavy (non-hydrogen) atoms. The number of hydrogen-bond donors (Lipinski definition) is 2.